The Labute approximate surface area is 229 Å². The maximum Gasteiger partial charge on any atom is 0.172 e. The quantitative estimate of drug-likeness (QED) is 0.342. The average molecular weight is 526 g/mol. The molecule has 3 aromatic rings. The van der Waals surface area contributed by atoms with Crippen LogP contribution in [-0.4, -0.2) is 45.9 Å². The summed E-state index contributed by atoms with van der Waals surface area (Å²) in [6, 6.07) is 7.92. The molecule has 9 nitrogen and oxygen atoms in total. The molecule has 0 aliphatic carbocycles. The van der Waals surface area contributed by atoms with Gasteiger partial charge in [-0.1, -0.05) is 26.8 Å². The van der Waals surface area contributed by atoms with Crippen molar-refractivity contribution in [1.82, 2.24) is 20.0 Å². The average Bonchev–Trinajstić information content (AvgIpc) is 3.07. The summed E-state index contributed by atoms with van der Waals surface area (Å²) in [7, 11) is 0. The molecular formula is C30H35N7O2. The second-order valence-electron chi connectivity index (χ2n) is 9.90. The van der Waals surface area contributed by atoms with Crippen molar-refractivity contribution >= 4 is 34.6 Å². The minimum Gasteiger partial charge on any atom is -0.489 e. The van der Waals surface area contributed by atoms with Crippen LogP contribution in [-0.2, 0) is 0 Å². The predicted molar refractivity (Wildman–Crippen MR) is 157 cm³/mol. The van der Waals surface area contributed by atoms with E-state index >= 15 is 0 Å². The molecule has 0 saturated carbocycles. The fourth-order valence-electron chi connectivity index (χ4n) is 4.60. The number of nitrogens with one attached hydrogen (secondary N) is 1. The maximum atomic E-state index is 6.13. The van der Waals surface area contributed by atoms with Crippen molar-refractivity contribution in [3.8, 4) is 11.5 Å². The van der Waals surface area contributed by atoms with E-state index in [9.17, 15) is 0 Å². The second kappa shape index (κ2) is 11.6. The number of allylic oxidation sites excluding steroid dienone is 2. The van der Waals surface area contributed by atoms with Crippen molar-refractivity contribution in [2.75, 3.05) is 29.9 Å². The third kappa shape index (κ3) is 5.87. The highest BCUT2D eigenvalue weighted by atomic mass is 16.5. The van der Waals surface area contributed by atoms with Crippen molar-refractivity contribution in [3.63, 3.8) is 0 Å². The van der Waals surface area contributed by atoms with Crippen molar-refractivity contribution < 1.29 is 9.47 Å². The number of hydrogen-bond acceptors (Lipinski definition) is 9. The third-order valence-electron chi connectivity index (χ3n) is 6.58. The Morgan fingerprint density at radius 1 is 1.28 bits per heavy atom. The lowest BCUT2D eigenvalue weighted by Crippen LogP contribution is -2.30. The summed E-state index contributed by atoms with van der Waals surface area (Å²) in [5.74, 6) is 4.15. The Bertz CT molecular complexity index is 1460. The van der Waals surface area contributed by atoms with E-state index in [1.54, 1.807) is 17.6 Å². The molecule has 39 heavy (non-hydrogen) atoms. The number of hydrogen-bond donors (Lipinski definition) is 1. The molecule has 1 unspecified atom stereocenters. The van der Waals surface area contributed by atoms with Gasteiger partial charge in [-0.2, -0.15) is 5.10 Å². The summed E-state index contributed by atoms with van der Waals surface area (Å²) in [6.45, 7) is 14.8. The Hall–Kier alpha value is -4.40. The van der Waals surface area contributed by atoms with Gasteiger partial charge >= 0.3 is 0 Å². The van der Waals surface area contributed by atoms with Crippen LogP contribution in [0.4, 0.5) is 17.3 Å². The first-order valence-electron chi connectivity index (χ1n) is 13.4. The van der Waals surface area contributed by atoms with E-state index in [1.165, 1.54) is 0 Å². The van der Waals surface area contributed by atoms with Gasteiger partial charge in [0.1, 0.15) is 23.4 Å². The third-order valence-corrected chi connectivity index (χ3v) is 6.58. The van der Waals surface area contributed by atoms with Crippen LogP contribution in [0.15, 0.2) is 72.1 Å². The summed E-state index contributed by atoms with van der Waals surface area (Å²) < 4.78 is 12.3. The number of benzene rings is 1. The molecule has 2 aromatic heterocycles. The molecule has 1 atom stereocenters. The van der Waals surface area contributed by atoms with E-state index in [4.69, 9.17) is 14.5 Å². The summed E-state index contributed by atoms with van der Waals surface area (Å²) >= 11 is 0. The molecule has 9 heteroatoms. The van der Waals surface area contributed by atoms with Gasteiger partial charge in [0.25, 0.3) is 0 Å². The minimum atomic E-state index is 0.410. The first kappa shape index (κ1) is 26.2. The summed E-state index contributed by atoms with van der Waals surface area (Å²) in [4.78, 5) is 16.4. The smallest absolute Gasteiger partial charge is 0.172 e. The highest BCUT2D eigenvalue weighted by Crippen LogP contribution is 2.35. The molecule has 0 amide bonds. The molecule has 0 radical (unpaired) electrons. The molecule has 2 aliphatic heterocycles. The Morgan fingerprint density at radius 2 is 2.15 bits per heavy atom. The van der Waals surface area contributed by atoms with E-state index in [2.05, 4.69) is 45.7 Å². The topological polar surface area (TPSA) is 88.0 Å². The van der Waals surface area contributed by atoms with Crippen LogP contribution in [0.5, 0.6) is 11.5 Å². The number of hydrazone groups is 1. The van der Waals surface area contributed by atoms with Crippen molar-refractivity contribution in [2.24, 2.45) is 11.0 Å². The van der Waals surface area contributed by atoms with Gasteiger partial charge in [-0.15, -0.1) is 0 Å². The zero-order chi connectivity index (χ0) is 27.4. The van der Waals surface area contributed by atoms with E-state index in [0.29, 0.717) is 29.6 Å². The number of aromatic nitrogens is 3. The molecule has 2 aliphatic rings. The van der Waals surface area contributed by atoms with Gasteiger partial charge in [0.05, 0.1) is 17.8 Å². The highest BCUT2D eigenvalue weighted by molar-refractivity contribution is 5.90. The Balaban J connectivity index is 1.39. The lowest BCUT2D eigenvalue weighted by Gasteiger charge is -2.24. The van der Waals surface area contributed by atoms with Crippen LogP contribution in [0.3, 0.4) is 0 Å². The second-order valence-corrected chi connectivity index (χ2v) is 9.90. The lowest BCUT2D eigenvalue weighted by atomic mass is 10.2. The van der Waals surface area contributed by atoms with Crippen LogP contribution in [0.1, 0.15) is 39.2 Å². The van der Waals surface area contributed by atoms with Gasteiger partial charge in [-0.05, 0) is 50.1 Å². The van der Waals surface area contributed by atoms with E-state index < -0.39 is 0 Å². The number of ether oxygens (including phenoxy) is 2. The Kier molecular flexibility index (Phi) is 7.76. The van der Waals surface area contributed by atoms with Gasteiger partial charge in [0.2, 0.25) is 0 Å². The van der Waals surface area contributed by atoms with Crippen molar-refractivity contribution in [3.05, 3.63) is 72.5 Å². The predicted octanol–water partition coefficient (Wildman–Crippen LogP) is 6.32. The zero-order valence-corrected chi connectivity index (χ0v) is 23.0. The SMILES string of the molecule is C=C1C=C(Oc2ccc(Nc3ncnc4cc5c(nc34)N(CCCC)CC(C)CO5)cc2C)C=CN1/N=C\C. The normalized spacial score (nSPS) is 17.2. The van der Waals surface area contributed by atoms with Gasteiger partial charge in [0.15, 0.2) is 17.4 Å². The summed E-state index contributed by atoms with van der Waals surface area (Å²) in [5, 5.41) is 9.37. The van der Waals surface area contributed by atoms with Crippen LogP contribution in [0, 0.1) is 12.8 Å². The standard InChI is InChI=1S/C30H35N7O2/c1-6-8-12-36-17-20(3)18-38-27-16-25-28(35-30(27)36)29(32-19-31-25)34-23-9-10-26(21(4)14-23)39-24-11-13-37(33-7-2)22(5)15-24/h7,9-11,13-16,19-20H,5-6,8,12,17-18H2,1-4H3,(H,31,32,34)/b33-7-. The molecule has 202 valence electrons. The summed E-state index contributed by atoms with van der Waals surface area (Å²) in [6.07, 6.45) is 11.0. The number of anilines is 3. The molecule has 0 fully saturated rings. The number of pyridine rings is 1. The molecule has 0 saturated heterocycles. The Morgan fingerprint density at radius 3 is 2.92 bits per heavy atom. The molecule has 4 heterocycles. The van der Waals surface area contributed by atoms with Crippen LogP contribution in [0.25, 0.3) is 11.0 Å². The number of fused-ring (bicyclic) bond motifs is 2. The van der Waals surface area contributed by atoms with Gasteiger partial charge in [-0.25, -0.2) is 20.0 Å². The fraction of sp³-hybridized carbons (Fsp3) is 0.333. The van der Waals surface area contributed by atoms with Crippen molar-refractivity contribution in [2.45, 2.75) is 40.5 Å². The largest absolute Gasteiger partial charge is 0.489 e. The van der Waals surface area contributed by atoms with Gasteiger partial charge < -0.3 is 19.7 Å². The molecule has 1 aromatic carbocycles. The molecule has 0 bridgehead atoms. The molecule has 5 rings (SSSR count). The first-order chi connectivity index (χ1) is 18.9. The van der Waals surface area contributed by atoms with Crippen LogP contribution < -0.4 is 19.7 Å². The molecule has 1 N–H and O–H groups in total. The fourth-order valence-corrected chi connectivity index (χ4v) is 4.60. The minimum absolute atomic E-state index is 0.410. The monoisotopic (exact) mass is 525 g/mol. The zero-order valence-electron chi connectivity index (χ0n) is 23.0. The van der Waals surface area contributed by atoms with E-state index in [-0.39, 0.29) is 0 Å². The van der Waals surface area contributed by atoms with E-state index in [1.807, 2.05) is 56.5 Å². The first-order valence-corrected chi connectivity index (χ1v) is 13.4. The van der Waals surface area contributed by atoms with Crippen LogP contribution >= 0.6 is 0 Å². The molecule has 0 spiro atoms. The van der Waals surface area contributed by atoms with Crippen molar-refractivity contribution in [1.29, 1.82) is 0 Å². The van der Waals surface area contributed by atoms with E-state index in [0.717, 1.165) is 65.7 Å². The van der Waals surface area contributed by atoms with Crippen LogP contribution in [0.2, 0.25) is 0 Å². The van der Waals surface area contributed by atoms with Gasteiger partial charge in [0, 0.05) is 49.3 Å². The lowest BCUT2D eigenvalue weighted by molar-refractivity contribution is 0.273. The van der Waals surface area contributed by atoms with Gasteiger partial charge in [-0.3, -0.25) is 0 Å². The molecular weight excluding hydrogens is 490 g/mol. The summed E-state index contributed by atoms with van der Waals surface area (Å²) in [5.41, 5.74) is 4.04. The number of nitrogens with zero attached hydrogens (tertiary/aromatic N) is 6. The maximum absolute atomic E-state index is 6.13. The number of unbranched alkanes of at least 4 members (excludes halogenated alkanes) is 1. The number of aryl methyl sites for hydroxylation is 1. The number of rotatable bonds is 8. The highest BCUT2D eigenvalue weighted by Gasteiger charge is 2.24.